The average molecular weight is 191 g/mol. The van der Waals surface area contributed by atoms with E-state index < -0.39 is 0 Å². The van der Waals surface area contributed by atoms with Crippen molar-refractivity contribution in [3.8, 4) is 0 Å². The van der Waals surface area contributed by atoms with E-state index in [2.05, 4.69) is 0 Å². The highest BCUT2D eigenvalue weighted by atomic mass is 35.5. The molecule has 2 nitrogen and oxygen atoms in total. The van der Waals surface area contributed by atoms with Crippen molar-refractivity contribution in [1.82, 2.24) is 0 Å². The molecule has 0 aromatic heterocycles. The zero-order chi connectivity index (χ0) is 8.81. The lowest BCUT2D eigenvalue weighted by Crippen LogP contribution is -2.20. The largest absolute Gasteiger partial charge is 0.462 e. The molecule has 1 aliphatic carbocycles. The Morgan fingerprint density at radius 2 is 2.00 bits per heavy atom. The molecule has 0 heterocycles. The topological polar surface area (TPSA) is 26.3 Å². The zero-order valence-electron chi connectivity index (χ0n) is 7.22. The van der Waals surface area contributed by atoms with Gasteiger partial charge in [0.15, 0.2) is 0 Å². The van der Waals surface area contributed by atoms with Crippen molar-refractivity contribution in [2.75, 3.05) is 5.88 Å². The van der Waals surface area contributed by atoms with Crippen molar-refractivity contribution in [1.29, 1.82) is 0 Å². The zero-order valence-corrected chi connectivity index (χ0v) is 7.98. The molecule has 12 heavy (non-hydrogen) atoms. The summed E-state index contributed by atoms with van der Waals surface area (Å²) in [6.07, 6.45) is 6.26. The second-order valence-electron chi connectivity index (χ2n) is 3.19. The number of carbonyl (C=O) groups excluding carboxylic acids is 1. The second kappa shape index (κ2) is 5.41. The van der Waals surface area contributed by atoms with E-state index >= 15 is 0 Å². The van der Waals surface area contributed by atoms with Gasteiger partial charge in [0.2, 0.25) is 0 Å². The first-order chi connectivity index (χ1) is 5.83. The maximum atomic E-state index is 11.0. The first-order valence-corrected chi connectivity index (χ1v) is 5.12. The summed E-state index contributed by atoms with van der Waals surface area (Å²) in [6.45, 7) is 0. The van der Waals surface area contributed by atoms with Gasteiger partial charge in [-0.2, -0.15) is 0 Å². The summed E-state index contributed by atoms with van der Waals surface area (Å²) in [7, 11) is 0. The Morgan fingerprint density at radius 1 is 1.33 bits per heavy atom. The monoisotopic (exact) mass is 190 g/mol. The summed E-state index contributed by atoms with van der Waals surface area (Å²) in [5, 5.41) is 0. The number of esters is 1. The van der Waals surface area contributed by atoms with Gasteiger partial charge in [0.05, 0.1) is 6.42 Å². The maximum absolute atomic E-state index is 11.0. The Kier molecular flexibility index (Phi) is 4.44. The second-order valence-corrected chi connectivity index (χ2v) is 3.57. The van der Waals surface area contributed by atoms with Crippen LogP contribution >= 0.6 is 11.6 Å². The lowest BCUT2D eigenvalue weighted by molar-refractivity contribution is -0.149. The summed E-state index contributed by atoms with van der Waals surface area (Å²) >= 11 is 5.41. The summed E-state index contributed by atoms with van der Waals surface area (Å²) in [4.78, 5) is 11.0. The number of carbonyl (C=O) groups is 1. The molecule has 0 unspecified atom stereocenters. The van der Waals surface area contributed by atoms with Crippen LogP contribution in [-0.4, -0.2) is 18.0 Å². The van der Waals surface area contributed by atoms with Crippen LogP contribution in [0.3, 0.4) is 0 Å². The van der Waals surface area contributed by atoms with Gasteiger partial charge in [0.25, 0.3) is 0 Å². The molecule has 0 aromatic rings. The van der Waals surface area contributed by atoms with Gasteiger partial charge in [-0.3, -0.25) is 4.79 Å². The number of halogens is 1. The number of hydrogen-bond acceptors (Lipinski definition) is 2. The average Bonchev–Trinajstić information content (AvgIpc) is 2.06. The lowest BCUT2D eigenvalue weighted by Gasteiger charge is -2.21. The first-order valence-electron chi connectivity index (χ1n) is 4.58. The minimum atomic E-state index is -0.142. The van der Waals surface area contributed by atoms with E-state index in [0.29, 0.717) is 12.3 Å². The molecule has 0 N–H and O–H groups in total. The van der Waals surface area contributed by atoms with Crippen LogP contribution in [0.2, 0.25) is 0 Å². The minimum Gasteiger partial charge on any atom is -0.462 e. The Labute approximate surface area is 78.2 Å². The molecule has 1 aliphatic rings. The van der Waals surface area contributed by atoms with E-state index in [0.717, 1.165) is 12.8 Å². The summed E-state index contributed by atoms with van der Waals surface area (Å²) in [5.74, 6) is 0.225. The van der Waals surface area contributed by atoms with Gasteiger partial charge in [0, 0.05) is 5.88 Å². The van der Waals surface area contributed by atoms with Crippen molar-refractivity contribution in [2.45, 2.75) is 44.6 Å². The summed E-state index contributed by atoms with van der Waals surface area (Å²) in [5.41, 5.74) is 0. The number of ether oxygens (including phenoxy) is 1. The van der Waals surface area contributed by atoms with Crippen LogP contribution < -0.4 is 0 Å². The van der Waals surface area contributed by atoms with E-state index in [9.17, 15) is 4.79 Å². The first kappa shape index (κ1) is 9.85. The molecule has 1 rings (SSSR count). The van der Waals surface area contributed by atoms with E-state index in [4.69, 9.17) is 16.3 Å². The molecule has 0 radical (unpaired) electrons. The van der Waals surface area contributed by atoms with Gasteiger partial charge in [-0.1, -0.05) is 6.42 Å². The van der Waals surface area contributed by atoms with Gasteiger partial charge < -0.3 is 4.74 Å². The summed E-state index contributed by atoms with van der Waals surface area (Å²) in [6, 6.07) is 0. The fourth-order valence-electron chi connectivity index (χ4n) is 1.50. The predicted octanol–water partition coefficient (Wildman–Crippen LogP) is 2.49. The number of rotatable bonds is 3. The molecule has 0 bridgehead atoms. The van der Waals surface area contributed by atoms with E-state index in [-0.39, 0.29) is 12.1 Å². The van der Waals surface area contributed by atoms with Crippen molar-refractivity contribution in [3.63, 3.8) is 0 Å². The fourth-order valence-corrected chi connectivity index (χ4v) is 1.66. The minimum absolute atomic E-state index is 0.142. The molecule has 3 heteroatoms. The molecule has 70 valence electrons. The van der Waals surface area contributed by atoms with Crippen LogP contribution in [0.1, 0.15) is 38.5 Å². The van der Waals surface area contributed by atoms with Crippen LogP contribution in [0.4, 0.5) is 0 Å². The van der Waals surface area contributed by atoms with Gasteiger partial charge in [-0.25, -0.2) is 0 Å². The highest BCUT2D eigenvalue weighted by molar-refractivity contribution is 6.18. The summed E-state index contributed by atoms with van der Waals surface area (Å²) < 4.78 is 5.21. The Hall–Kier alpha value is -0.240. The molecule has 1 saturated carbocycles. The quantitative estimate of drug-likeness (QED) is 0.505. The smallest absolute Gasteiger partial charge is 0.307 e. The Bertz CT molecular complexity index is 141. The number of hydrogen-bond donors (Lipinski definition) is 0. The molecule has 0 aliphatic heterocycles. The van der Waals surface area contributed by atoms with Gasteiger partial charge in [-0.05, 0) is 25.7 Å². The normalized spacial score (nSPS) is 19.1. The molecular formula is C9H15ClO2. The third-order valence-corrected chi connectivity index (χ3v) is 2.34. The highest BCUT2D eigenvalue weighted by Gasteiger charge is 2.16. The molecule has 0 aromatic carbocycles. The van der Waals surface area contributed by atoms with Crippen LogP contribution in [0.25, 0.3) is 0 Å². The molecule has 0 spiro atoms. The molecule has 0 amide bonds. The van der Waals surface area contributed by atoms with Gasteiger partial charge in [0.1, 0.15) is 6.10 Å². The molecule has 1 fully saturated rings. The van der Waals surface area contributed by atoms with Crippen molar-refractivity contribution in [2.24, 2.45) is 0 Å². The Morgan fingerprint density at radius 3 is 2.58 bits per heavy atom. The van der Waals surface area contributed by atoms with Crippen LogP contribution in [0.5, 0.6) is 0 Å². The Balaban J connectivity index is 2.15. The predicted molar refractivity (Wildman–Crippen MR) is 48.3 cm³/mol. The fraction of sp³-hybridized carbons (Fsp3) is 0.889. The molecule has 0 saturated heterocycles. The number of alkyl halides is 1. The highest BCUT2D eigenvalue weighted by Crippen LogP contribution is 2.20. The van der Waals surface area contributed by atoms with E-state index in [1.54, 1.807) is 0 Å². The lowest BCUT2D eigenvalue weighted by atomic mass is 9.98. The van der Waals surface area contributed by atoms with Crippen LogP contribution in [0, 0.1) is 0 Å². The maximum Gasteiger partial charge on any atom is 0.307 e. The van der Waals surface area contributed by atoms with Crippen LogP contribution in [-0.2, 0) is 9.53 Å². The van der Waals surface area contributed by atoms with Crippen LogP contribution in [0.15, 0.2) is 0 Å². The molecular weight excluding hydrogens is 176 g/mol. The van der Waals surface area contributed by atoms with Crippen molar-refractivity contribution in [3.05, 3.63) is 0 Å². The van der Waals surface area contributed by atoms with Crippen molar-refractivity contribution >= 4 is 17.6 Å². The molecule has 0 atom stereocenters. The van der Waals surface area contributed by atoms with Gasteiger partial charge >= 0.3 is 5.97 Å². The van der Waals surface area contributed by atoms with Crippen molar-refractivity contribution < 1.29 is 9.53 Å². The van der Waals surface area contributed by atoms with Gasteiger partial charge in [-0.15, -0.1) is 11.6 Å². The third-order valence-electron chi connectivity index (χ3n) is 2.15. The van der Waals surface area contributed by atoms with E-state index in [1.165, 1.54) is 19.3 Å². The SMILES string of the molecule is O=C(CCCl)OC1CCCCC1. The third kappa shape index (κ3) is 3.44. The van der Waals surface area contributed by atoms with E-state index in [1.807, 2.05) is 0 Å². The standard InChI is InChI=1S/C9H15ClO2/c10-7-6-9(11)12-8-4-2-1-3-5-8/h8H,1-7H2.